The van der Waals surface area contributed by atoms with E-state index in [0.717, 1.165) is 23.5 Å². The highest BCUT2D eigenvalue weighted by molar-refractivity contribution is 9.09. The fourth-order valence-corrected chi connectivity index (χ4v) is 1.80. The lowest BCUT2D eigenvalue weighted by atomic mass is 10.2. The molecule has 3 heteroatoms. The van der Waals surface area contributed by atoms with Crippen molar-refractivity contribution in [1.82, 2.24) is 0 Å². The van der Waals surface area contributed by atoms with Gasteiger partial charge in [0.05, 0.1) is 12.5 Å². The second-order valence-electron chi connectivity index (χ2n) is 3.25. The molecule has 0 N–H and O–H groups in total. The number of ether oxygens (including phenoxy) is 1. The molecule has 0 fully saturated rings. The largest absolute Gasteiger partial charge is 0.473 e. The molecule has 1 nitrogen and oxygen atoms in total. The topological polar surface area (TPSA) is 9.23 Å². The zero-order valence-electron chi connectivity index (χ0n) is 9.13. The molecule has 0 aliphatic rings. The van der Waals surface area contributed by atoms with E-state index in [4.69, 9.17) is 4.74 Å². The van der Waals surface area contributed by atoms with Crippen molar-refractivity contribution in [2.75, 3.05) is 10.7 Å². The average Bonchev–Trinajstić information content (AvgIpc) is 2.26. The first-order valence-electron chi connectivity index (χ1n) is 5.49. The normalized spacial score (nSPS) is 11.6. The molecular weight excluding hydrogens is 320 g/mol. The summed E-state index contributed by atoms with van der Waals surface area (Å²) in [7, 11) is 0. The van der Waals surface area contributed by atoms with Crippen molar-refractivity contribution < 1.29 is 4.74 Å². The maximum Gasteiger partial charge on any atom is 0.0861 e. The molecule has 0 saturated heterocycles. The summed E-state index contributed by atoms with van der Waals surface area (Å²) in [5, 5.41) is 2.18. The molecule has 0 rings (SSSR count). The second-order valence-corrected chi connectivity index (χ2v) is 4.84. The first kappa shape index (κ1) is 15.2. The van der Waals surface area contributed by atoms with Crippen molar-refractivity contribution in [1.29, 1.82) is 0 Å². The van der Waals surface area contributed by atoms with Crippen LogP contribution >= 0.6 is 31.9 Å². The predicted octanol–water partition coefficient (Wildman–Crippen LogP) is 5.16. The van der Waals surface area contributed by atoms with Crippen LogP contribution in [0.15, 0.2) is 24.7 Å². The number of alkyl halides is 2. The van der Waals surface area contributed by atoms with Gasteiger partial charge in [0.15, 0.2) is 0 Å². The van der Waals surface area contributed by atoms with E-state index in [2.05, 4.69) is 44.0 Å². The van der Waals surface area contributed by atoms with Crippen molar-refractivity contribution in [3.8, 4) is 0 Å². The fourth-order valence-electron chi connectivity index (χ4n) is 1.01. The van der Waals surface area contributed by atoms with E-state index < -0.39 is 0 Å². The average molecular weight is 340 g/mol. The van der Waals surface area contributed by atoms with Gasteiger partial charge in [-0.25, -0.2) is 0 Å². The molecule has 88 valence electrons. The molecule has 0 spiro atoms. The lowest BCUT2D eigenvalue weighted by molar-refractivity contribution is 0.398. The summed E-state index contributed by atoms with van der Waals surface area (Å²) in [5.41, 5.74) is 0. The maximum atomic E-state index is 5.21. The molecule has 0 amide bonds. The summed E-state index contributed by atoms with van der Waals surface area (Å²) in [5.74, 6) is 0. The second kappa shape index (κ2) is 14.2. The zero-order valence-corrected chi connectivity index (χ0v) is 12.3. The number of hydrogen-bond acceptors (Lipinski definition) is 1. The van der Waals surface area contributed by atoms with Crippen LogP contribution in [-0.2, 0) is 4.74 Å². The molecule has 0 aliphatic carbocycles. The molecule has 0 aromatic rings. The summed E-state index contributed by atoms with van der Waals surface area (Å²) in [6.45, 7) is 0. The van der Waals surface area contributed by atoms with Crippen LogP contribution in [0, 0.1) is 0 Å². The lowest BCUT2D eigenvalue weighted by Gasteiger charge is -1.93. The summed E-state index contributed by atoms with van der Waals surface area (Å²) in [6, 6.07) is 0. The van der Waals surface area contributed by atoms with E-state index in [1.807, 2.05) is 0 Å². The summed E-state index contributed by atoms with van der Waals surface area (Å²) in [6.07, 6.45) is 14.8. The molecule has 0 saturated carbocycles. The van der Waals surface area contributed by atoms with Gasteiger partial charge in [0.25, 0.3) is 0 Å². The molecule has 0 heterocycles. The Labute approximate surface area is 110 Å². The maximum absolute atomic E-state index is 5.21. The lowest BCUT2D eigenvalue weighted by Crippen LogP contribution is -1.75. The van der Waals surface area contributed by atoms with Crippen molar-refractivity contribution in [2.24, 2.45) is 0 Å². The van der Waals surface area contributed by atoms with Crippen molar-refractivity contribution in [3.63, 3.8) is 0 Å². The third-order valence-electron chi connectivity index (χ3n) is 1.86. The Kier molecular flexibility index (Phi) is 14.5. The van der Waals surface area contributed by atoms with Crippen LogP contribution < -0.4 is 0 Å². The van der Waals surface area contributed by atoms with Gasteiger partial charge in [-0.05, 0) is 50.7 Å². The van der Waals surface area contributed by atoms with Crippen LogP contribution in [0.25, 0.3) is 0 Å². The number of rotatable bonds is 10. The van der Waals surface area contributed by atoms with Gasteiger partial charge in [-0.3, -0.25) is 0 Å². The Morgan fingerprint density at radius 2 is 1.20 bits per heavy atom. The molecule has 0 aromatic carbocycles. The zero-order chi connectivity index (χ0) is 11.2. The highest BCUT2D eigenvalue weighted by atomic mass is 79.9. The van der Waals surface area contributed by atoms with Crippen molar-refractivity contribution in [2.45, 2.75) is 38.5 Å². The first-order valence-corrected chi connectivity index (χ1v) is 7.73. The van der Waals surface area contributed by atoms with Crippen LogP contribution in [0.3, 0.4) is 0 Å². The van der Waals surface area contributed by atoms with Crippen LogP contribution in [0.5, 0.6) is 0 Å². The van der Waals surface area contributed by atoms with Gasteiger partial charge in [0, 0.05) is 10.7 Å². The summed E-state index contributed by atoms with van der Waals surface area (Å²) in [4.78, 5) is 0. The van der Waals surface area contributed by atoms with Gasteiger partial charge >= 0.3 is 0 Å². The highest BCUT2D eigenvalue weighted by Gasteiger charge is 1.83. The number of halogens is 2. The Hall–Kier alpha value is 0.240. The standard InChI is InChI=1S/C12H20Br2O/c13-9-5-1-3-7-11-15-12-8-4-2-6-10-14/h7-8,11-12H,1-6,9-10H2. The molecule has 0 unspecified atom stereocenters. The van der Waals surface area contributed by atoms with E-state index in [-0.39, 0.29) is 0 Å². The molecule has 0 radical (unpaired) electrons. The molecule has 0 aliphatic heterocycles. The Morgan fingerprint density at radius 3 is 1.60 bits per heavy atom. The van der Waals surface area contributed by atoms with Crippen molar-refractivity contribution in [3.05, 3.63) is 24.7 Å². The first-order chi connectivity index (χ1) is 7.41. The molecule has 15 heavy (non-hydrogen) atoms. The SMILES string of the molecule is BrCCCCC=COC=CCCCCBr. The number of hydrogen-bond donors (Lipinski definition) is 0. The van der Waals surface area contributed by atoms with E-state index in [0.29, 0.717) is 0 Å². The molecule has 0 atom stereocenters. The highest BCUT2D eigenvalue weighted by Crippen LogP contribution is 2.01. The van der Waals surface area contributed by atoms with Crippen LogP contribution in [0.2, 0.25) is 0 Å². The van der Waals surface area contributed by atoms with Gasteiger partial charge < -0.3 is 4.74 Å². The number of unbranched alkanes of at least 4 members (excludes halogenated alkanes) is 4. The van der Waals surface area contributed by atoms with E-state index in [1.54, 1.807) is 12.5 Å². The molecular formula is C12H20Br2O. The molecule has 0 bridgehead atoms. The smallest absolute Gasteiger partial charge is 0.0861 e. The Morgan fingerprint density at radius 1 is 0.733 bits per heavy atom. The Balaban J connectivity index is 3.14. The van der Waals surface area contributed by atoms with Gasteiger partial charge in [-0.1, -0.05) is 31.9 Å². The van der Waals surface area contributed by atoms with Crippen LogP contribution in [-0.4, -0.2) is 10.7 Å². The van der Waals surface area contributed by atoms with E-state index in [9.17, 15) is 0 Å². The minimum absolute atomic E-state index is 1.09. The minimum atomic E-state index is 1.09. The van der Waals surface area contributed by atoms with Crippen LogP contribution in [0.4, 0.5) is 0 Å². The summed E-state index contributed by atoms with van der Waals surface area (Å²) >= 11 is 6.81. The van der Waals surface area contributed by atoms with Gasteiger partial charge in [-0.15, -0.1) is 0 Å². The Bertz CT molecular complexity index is 149. The van der Waals surface area contributed by atoms with Crippen LogP contribution in [0.1, 0.15) is 38.5 Å². The van der Waals surface area contributed by atoms with Gasteiger partial charge in [0.1, 0.15) is 0 Å². The van der Waals surface area contributed by atoms with E-state index in [1.165, 1.54) is 25.7 Å². The van der Waals surface area contributed by atoms with Gasteiger partial charge in [-0.2, -0.15) is 0 Å². The fraction of sp³-hybridized carbons (Fsp3) is 0.667. The monoisotopic (exact) mass is 338 g/mol. The quantitative estimate of drug-likeness (QED) is 0.303. The summed E-state index contributed by atoms with van der Waals surface area (Å²) < 4.78 is 5.21. The van der Waals surface area contributed by atoms with E-state index >= 15 is 0 Å². The minimum Gasteiger partial charge on any atom is -0.473 e. The molecule has 0 aromatic heterocycles. The predicted molar refractivity (Wildman–Crippen MR) is 74.7 cm³/mol. The van der Waals surface area contributed by atoms with Crippen molar-refractivity contribution >= 4 is 31.9 Å². The third kappa shape index (κ3) is 14.2. The number of allylic oxidation sites excluding steroid dienone is 2. The third-order valence-corrected chi connectivity index (χ3v) is 2.98. The van der Waals surface area contributed by atoms with Gasteiger partial charge in [0.2, 0.25) is 0 Å².